The second-order valence-electron chi connectivity index (χ2n) is 7.81. The average Bonchev–Trinajstić information content (AvgIpc) is 3.31. The largest absolute Gasteiger partial charge is 0.305 e. The highest BCUT2D eigenvalue weighted by Crippen LogP contribution is 2.28. The molecule has 11 heteroatoms. The van der Waals surface area contributed by atoms with E-state index in [4.69, 9.17) is 0 Å². The number of aromatic nitrogens is 1. The van der Waals surface area contributed by atoms with Gasteiger partial charge in [0.25, 0.3) is 0 Å². The molecule has 0 spiro atoms. The molecule has 7 nitrogen and oxygen atoms in total. The van der Waals surface area contributed by atoms with Crippen LogP contribution in [-0.4, -0.2) is 55.4 Å². The first-order valence-corrected chi connectivity index (χ1v) is 13.8. The van der Waals surface area contributed by atoms with Crippen LogP contribution in [0, 0.1) is 11.5 Å². The molecule has 0 amide bonds. The first-order chi connectivity index (χ1) is 15.2. The molecule has 0 saturated carbocycles. The standard InChI is InChI=1S/C21H21Br2N5O2S2/c1-27(12-21-25-18-4-2-3-5-19(18)31-21)11-16-9-15(10-28(16)13-24)26-32(29,30)20-8-14(22)6-7-17(20)23/h2-8,15-16,26H,9-12H2,1H3. The predicted molar refractivity (Wildman–Crippen MR) is 133 cm³/mol. The molecule has 1 N–H and O–H groups in total. The topological polar surface area (TPSA) is 89.3 Å². The third-order valence-corrected chi connectivity index (χ3v) is 9.34. The molecule has 2 heterocycles. The zero-order valence-corrected chi connectivity index (χ0v) is 22.0. The van der Waals surface area contributed by atoms with Gasteiger partial charge >= 0.3 is 0 Å². The molecule has 0 bridgehead atoms. The van der Waals surface area contributed by atoms with Crippen LogP contribution in [0.15, 0.2) is 56.3 Å². The van der Waals surface area contributed by atoms with Crippen molar-refractivity contribution in [3.8, 4) is 6.19 Å². The molecule has 0 aliphatic carbocycles. The van der Waals surface area contributed by atoms with Crippen LogP contribution in [-0.2, 0) is 16.6 Å². The third kappa shape index (κ3) is 5.32. The Morgan fingerprint density at radius 1 is 1.31 bits per heavy atom. The Labute approximate surface area is 208 Å². The zero-order chi connectivity index (χ0) is 22.9. The summed E-state index contributed by atoms with van der Waals surface area (Å²) in [4.78, 5) is 8.65. The van der Waals surface area contributed by atoms with Crippen LogP contribution < -0.4 is 4.72 Å². The molecule has 2 atom stereocenters. The Bertz CT molecular complexity index is 1240. The lowest BCUT2D eigenvalue weighted by Crippen LogP contribution is -2.36. The zero-order valence-electron chi connectivity index (χ0n) is 17.2. The number of nitriles is 1. The summed E-state index contributed by atoms with van der Waals surface area (Å²) >= 11 is 8.31. The Morgan fingerprint density at radius 2 is 2.09 bits per heavy atom. The summed E-state index contributed by atoms with van der Waals surface area (Å²) in [6, 6.07) is 12.7. The monoisotopic (exact) mass is 597 g/mol. The molecule has 1 aliphatic rings. The van der Waals surface area contributed by atoms with Crippen molar-refractivity contribution in [2.45, 2.75) is 29.9 Å². The molecule has 3 aromatic rings. The summed E-state index contributed by atoms with van der Waals surface area (Å²) in [5.74, 6) is 0. The van der Waals surface area contributed by atoms with E-state index in [1.165, 1.54) is 0 Å². The lowest BCUT2D eigenvalue weighted by molar-refractivity contribution is 0.237. The van der Waals surface area contributed by atoms with Gasteiger partial charge in [-0.1, -0.05) is 28.1 Å². The van der Waals surface area contributed by atoms with Gasteiger partial charge in [0.15, 0.2) is 6.19 Å². The SMILES string of the molecule is CN(Cc1nc2ccccc2s1)CC1CC(NS(=O)(=O)c2cc(Br)ccc2Br)CN1C#N. The van der Waals surface area contributed by atoms with Crippen LogP contribution in [0.3, 0.4) is 0 Å². The van der Waals surface area contributed by atoms with Crippen molar-refractivity contribution < 1.29 is 8.42 Å². The lowest BCUT2D eigenvalue weighted by atomic mass is 10.2. The highest BCUT2D eigenvalue weighted by molar-refractivity contribution is 9.11. The highest BCUT2D eigenvalue weighted by Gasteiger charge is 2.35. The lowest BCUT2D eigenvalue weighted by Gasteiger charge is -2.24. The third-order valence-electron chi connectivity index (χ3n) is 5.31. The number of hydrogen-bond donors (Lipinski definition) is 1. The van der Waals surface area contributed by atoms with Gasteiger partial charge in [0.2, 0.25) is 10.0 Å². The van der Waals surface area contributed by atoms with Gasteiger partial charge < -0.3 is 4.90 Å². The van der Waals surface area contributed by atoms with E-state index in [0.717, 1.165) is 15.2 Å². The number of likely N-dealkylation sites (N-methyl/N-ethyl adjacent to an activating group) is 1. The van der Waals surface area contributed by atoms with Gasteiger partial charge in [-0.2, -0.15) is 5.26 Å². The number of nitrogens with zero attached hydrogens (tertiary/aromatic N) is 4. The maximum Gasteiger partial charge on any atom is 0.242 e. The van der Waals surface area contributed by atoms with Crippen molar-refractivity contribution in [1.82, 2.24) is 19.5 Å². The van der Waals surface area contributed by atoms with Gasteiger partial charge in [0, 0.05) is 28.1 Å². The molecule has 32 heavy (non-hydrogen) atoms. The minimum Gasteiger partial charge on any atom is -0.305 e. The van der Waals surface area contributed by atoms with Crippen molar-refractivity contribution in [1.29, 1.82) is 5.26 Å². The number of nitrogens with one attached hydrogen (secondary N) is 1. The number of rotatable bonds is 7. The molecule has 168 valence electrons. The second-order valence-corrected chi connectivity index (χ2v) is 12.4. The molecule has 2 aromatic carbocycles. The number of benzene rings is 2. The maximum absolute atomic E-state index is 12.9. The molecular weight excluding hydrogens is 578 g/mol. The number of likely N-dealkylation sites (tertiary alicyclic amines) is 1. The van der Waals surface area contributed by atoms with E-state index >= 15 is 0 Å². The van der Waals surface area contributed by atoms with Crippen LogP contribution in [0.4, 0.5) is 0 Å². The highest BCUT2D eigenvalue weighted by atomic mass is 79.9. The van der Waals surface area contributed by atoms with Crippen molar-refractivity contribution in [3.63, 3.8) is 0 Å². The second kappa shape index (κ2) is 9.75. The quantitative estimate of drug-likeness (QED) is 0.411. The summed E-state index contributed by atoms with van der Waals surface area (Å²) in [5, 5.41) is 10.6. The van der Waals surface area contributed by atoms with E-state index in [1.807, 2.05) is 25.2 Å². The number of sulfonamides is 1. The van der Waals surface area contributed by atoms with Crippen molar-refractivity contribution >= 4 is 63.4 Å². The predicted octanol–water partition coefficient (Wildman–Crippen LogP) is 4.16. The fourth-order valence-electron chi connectivity index (χ4n) is 3.91. The summed E-state index contributed by atoms with van der Waals surface area (Å²) in [7, 11) is -1.73. The van der Waals surface area contributed by atoms with E-state index < -0.39 is 10.0 Å². The van der Waals surface area contributed by atoms with E-state index in [2.05, 4.69) is 58.7 Å². The average molecular weight is 599 g/mol. The summed E-state index contributed by atoms with van der Waals surface area (Å²) in [5.41, 5.74) is 0.994. The molecular formula is C21H21Br2N5O2S2. The van der Waals surface area contributed by atoms with Crippen molar-refractivity contribution in [2.75, 3.05) is 20.1 Å². The van der Waals surface area contributed by atoms with E-state index in [-0.39, 0.29) is 17.0 Å². The molecule has 1 aliphatic heterocycles. The van der Waals surface area contributed by atoms with Gasteiger partial charge in [0.1, 0.15) is 5.01 Å². The number of hydrogen-bond acceptors (Lipinski definition) is 7. The number of fused-ring (bicyclic) bond motifs is 1. The van der Waals surface area contributed by atoms with Crippen LogP contribution in [0.25, 0.3) is 10.2 Å². The Balaban J connectivity index is 1.41. The number of thiazole rings is 1. The van der Waals surface area contributed by atoms with Crippen molar-refractivity contribution in [2.24, 2.45) is 0 Å². The number of para-hydroxylation sites is 1. The first kappa shape index (κ1) is 23.6. The van der Waals surface area contributed by atoms with Gasteiger partial charge in [-0.3, -0.25) is 4.90 Å². The normalized spacial score (nSPS) is 19.0. The van der Waals surface area contributed by atoms with Gasteiger partial charge in [-0.05, 0) is 59.7 Å². The van der Waals surface area contributed by atoms with Crippen molar-refractivity contribution in [3.05, 3.63) is 56.4 Å². The van der Waals surface area contributed by atoms with Crippen LogP contribution in [0.1, 0.15) is 11.4 Å². The van der Waals surface area contributed by atoms with Crippen LogP contribution >= 0.6 is 43.2 Å². The Kier molecular flexibility index (Phi) is 7.19. The fourth-order valence-corrected chi connectivity index (χ4v) is 7.70. The Morgan fingerprint density at radius 3 is 2.84 bits per heavy atom. The van der Waals surface area contributed by atoms with E-state index in [0.29, 0.717) is 35.0 Å². The summed E-state index contributed by atoms with van der Waals surface area (Å²) < 4.78 is 31.0. The van der Waals surface area contributed by atoms with E-state index in [9.17, 15) is 13.7 Å². The van der Waals surface area contributed by atoms with Gasteiger partial charge in [0.05, 0.1) is 27.7 Å². The van der Waals surface area contributed by atoms with Crippen LogP contribution in [0.5, 0.6) is 0 Å². The first-order valence-electron chi connectivity index (χ1n) is 9.92. The molecule has 1 aromatic heterocycles. The van der Waals surface area contributed by atoms with E-state index in [1.54, 1.807) is 34.4 Å². The summed E-state index contributed by atoms with van der Waals surface area (Å²) in [6.07, 6.45) is 2.78. The molecule has 1 fully saturated rings. The molecule has 2 unspecified atom stereocenters. The molecule has 1 saturated heterocycles. The molecule has 4 rings (SSSR count). The number of halogens is 2. The van der Waals surface area contributed by atoms with Gasteiger partial charge in [-0.25, -0.2) is 18.1 Å². The summed E-state index contributed by atoms with van der Waals surface area (Å²) in [6.45, 7) is 1.67. The smallest absolute Gasteiger partial charge is 0.242 e. The Hall–Kier alpha value is -1.55. The van der Waals surface area contributed by atoms with Gasteiger partial charge in [-0.15, -0.1) is 11.3 Å². The fraction of sp³-hybridized carbons (Fsp3) is 0.333. The minimum atomic E-state index is -3.73. The molecule has 0 radical (unpaired) electrons. The minimum absolute atomic E-state index is 0.0713. The maximum atomic E-state index is 12.9. The van der Waals surface area contributed by atoms with Crippen LogP contribution in [0.2, 0.25) is 0 Å².